The Morgan fingerprint density at radius 2 is 1.69 bits per heavy atom. The van der Waals surface area contributed by atoms with Crippen LogP contribution in [0.3, 0.4) is 0 Å². The highest BCUT2D eigenvalue weighted by atomic mass is 32.2. The molecule has 1 aliphatic heterocycles. The maximum Gasteiger partial charge on any atom is 0.133 e. The average Bonchev–Trinajstić information content (AvgIpc) is 2.81. The third-order valence-electron chi connectivity index (χ3n) is 4.16. The molecular formula is C14H24OS. The van der Waals surface area contributed by atoms with Crippen LogP contribution in [0.1, 0.15) is 57.8 Å². The van der Waals surface area contributed by atoms with Crippen LogP contribution in [0.5, 0.6) is 0 Å². The van der Waals surface area contributed by atoms with Crippen LogP contribution in [0.4, 0.5) is 0 Å². The second-order valence-corrected chi connectivity index (χ2v) is 6.71. The lowest BCUT2D eigenvalue weighted by Crippen LogP contribution is -2.14. The van der Waals surface area contributed by atoms with Crippen molar-refractivity contribution in [3.05, 3.63) is 0 Å². The first-order valence-electron chi connectivity index (χ1n) is 6.94. The lowest BCUT2D eigenvalue weighted by atomic mass is 9.92. The number of thioether (sulfide) groups is 1. The van der Waals surface area contributed by atoms with E-state index >= 15 is 0 Å². The molecule has 16 heavy (non-hydrogen) atoms. The smallest absolute Gasteiger partial charge is 0.133 e. The first kappa shape index (κ1) is 12.5. The van der Waals surface area contributed by atoms with Gasteiger partial charge in [0, 0.05) is 12.8 Å². The molecule has 2 fully saturated rings. The Morgan fingerprint density at radius 3 is 2.38 bits per heavy atom. The molecule has 1 nitrogen and oxygen atoms in total. The van der Waals surface area contributed by atoms with Crippen LogP contribution in [0.15, 0.2) is 0 Å². The molecule has 0 N–H and O–H groups in total. The van der Waals surface area contributed by atoms with E-state index in [0.717, 1.165) is 24.7 Å². The minimum atomic E-state index is 0.545. The molecule has 2 rings (SSSR count). The van der Waals surface area contributed by atoms with Gasteiger partial charge in [-0.15, -0.1) is 0 Å². The number of hydrogen-bond acceptors (Lipinski definition) is 2. The van der Waals surface area contributed by atoms with E-state index < -0.39 is 0 Å². The lowest BCUT2D eigenvalue weighted by Gasteiger charge is -2.20. The highest BCUT2D eigenvalue weighted by molar-refractivity contribution is 7.99. The molecule has 1 heterocycles. The highest BCUT2D eigenvalue weighted by Crippen LogP contribution is 2.30. The van der Waals surface area contributed by atoms with Gasteiger partial charge in [0.25, 0.3) is 0 Å². The molecule has 2 aliphatic rings. The molecule has 1 saturated heterocycles. The van der Waals surface area contributed by atoms with E-state index in [1.54, 1.807) is 0 Å². The van der Waals surface area contributed by atoms with E-state index in [0.29, 0.717) is 5.78 Å². The number of carbonyl (C=O) groups excluding carboxylic acids is 1. The van der Waals surface area contributed by atoms with E-state index in [9.17, 15) is 4.79 Å². The summed E-state index contributed by atoms with van der Waals surface area (Å²) in [5.41, 5.74) is 0. The van der Waals surface area contributed by atoms with E-state index in [4.69, 9.17) is 0 Å². The first-order chi connectivity index (χ1) is 7.84. The van der Waals surface area contributed by atoms with Crippen molar-refractivity contribution in [2.24, 2.45) is 11.8 Å². The zero-order valence-corrected chi connectivity index (χ0v) is 11.1. The summed E-state index contributed by atoms with van der Waals surface area (Å²) in [5, 5.41) is 0. The van der Waals surface area contributed by atoms with Gasteiger partial charge in [0.2, 0.25) is 0 Å². The Kier molecular flexibility index (Phi) is 5.21. The van der Waals surface area contributed by atoms with Crippen LogP contribution in [0.25, 0.3) is 0 Å². The van der Waals surface area contributed by atoms with Gasteiger partial charge in [-0.05, 0) is 42.6 Å². The summed E-state index contributed by atoms with van der Waals surface area (Å²) >= 11 is 2.05. The van der Waals surface area contributed by atoms with Gasteiger partial charge in [-0.2, -0.15) is 11.8 Å². The van der Waals surface area contributed by atoms with Crippen molar-refractivity contribution in [3.8, 4) is 0 Å². The standard InChI is InChI=1S/C14H24OS/c15-14(6-5-12-3-1-2-4-12)11-13-7-9-16-10-8-13/h12-13H,1-11H2. The fourth-order valence-electron chi connectivity index (χ4n) is 3.04. The zero-order chi connectivity index (χ0) is 11.2. The fraction of sp³-hybridized carbons (Fsp3) is 0.929. The van der Waals surface area contributed by atoms with Gasteiger partial charge in [0.05, 0.1) is 0 Å². The van der Waals surface area contributed by atoms with Gasteiger partial charge >= 0.3 is 0 Å². The minimum Gasteiger partial charge on any atom is -0.300 e. The Morgan fingerprint density at radius 1 is 1.00 bits per heavy atom. The number of rotatable bonds is 5. The van der Waals surface area contributed by atoms with Crippen molar-refractivity contribution >= 4 is 17.5 Å². The van der Waals surface area contributed by atoms with E-state index in [1.165, 1.54) is 56.5 Å². The van der Waals surface area contributed by atoms with E-state index in [-0.39, 0.29) is 0 Å². The minimum absolute atomic E-state index is 0.545. The molecule has 0 aromatic heterocycles. The summed E-state index contributed by atoms with van der Waals surface area (Å²) in [6, 6.07) is 0. The molecule has 92 valence electrons. The summed E-state index contributed by atoms with van der Waals surface area (Å²) in [7, 11) is 0. The van der Waals surface area contributed by atoms with E-state index in [2.05, 4.69) is 0 Å². The SMILES string of the molecule is O=C(CCC1CCCC1)CC1CCSCC1. The van der Waals surface area contributed by atoms with Crippen LogP contribution in [-0.4, -0.2) is 17.3 Å². The Bertz CT molecular complexity index is 215. The second kappa shape index (κ2) is 6.68. The first-order valence-corrected chi connectivity index (χ1v) is 8.09. The van der Waals surface area contributed by atoms with Crippen LogP contribution in [0, 0.1) is 11.8 Å². The average molecular weight is 240 g/mol. The normalized spacial score (nSPS) is 23.8. The van der Waals surface area contributed by atoms with Crippen molar-refractivity contribution in [1.29, 1.82) is 0 Å². The monoisotopic (exact) mass is 240 g/mol. The summed E-state index contributed by atoms with van der Waals surface area (Å²) in [6.07, 6.45) is 11.1. The molecule has 0 bridgehead atoms. The van der Waals surface area contributed by atoms with Crippen LogP contribution < -0.4 is 0 Å². The molecule has 1 aliphatic carbocycles. The molecule has 0 amide bonds. The van der Waals surface area contributed by atoms with Crippen molar-refractivity contribution in [2.45, 2.75) is 57.8 Å². The summed E-state index contributed by atoms with van der Waals surface area (Å²) < 4.78 is 0. The van der Waals surface area contributed by atoms with Gasteiger partial charge in [0.15, 0.2) is 0 Å². The largest absolute Gasteiger partial charge is 0.300 e. The van der Waals surface area contributed by atoms with Gasteiger partial charge in [0.1, 0.15) is 5.78 Å². The fourth-order valence-corrected chi connectivity index (χ4v) is 4.24. The van der Waals surface area contributed by atoms with Crippen LogP contribution >= 0.6 is 11.8 Å². The van der Waals surface area contributed by atoms with Gasteiger partial charge in [-0.25, -0.2) is 0 Å². The van der Waals surface area contributed by atoms with Crippen LogP contribution in [-0.2, 0) is 4.79 Å². The zero-order valence-electron chi connectivity index (χ0n) is 10.2. The Balaban J connectivity index is 1.59. The molecular weight excluding hydrogens is 216 g/mol. The highest BCUT2D eigenvalue weighted by Gasteiger charge is 2.19. The molecule has 2 heteroatoms. The third kappa shape index (κ3) is 4.12. The quantitative estimate of drug-likeness (QED) is 0.721. The molecule has 0 atom stereocenters. The Labute approximate surface area is 104 Å². The predicted molar refractivity (Wildman–Crippen MR) is 70.9 cm³/mol. The summed E-state index contributed by atoms with van der Waals surface area (Å²) in [6.45, 7) is 0. The van der Waals surface area contributed by atoms with Gasteiger partial charge < -0.3 is 0 Å². The number of Topliss-reactive ketones (excluding diaryl/α,β-unsaturated/α-hetero) is 1. The molecule has 0 aromatic rings. The number of ketones is 1. The number of carbonyl (C=O) groups is 1. The predicted octanol–water partition coefficient (Wildman–Crippen LogP) is 4.06. The second-order valence-electron chi connectivity index (χ2n) is 5.49. The van der Waals surface area contributed by atoms with E-state index in [1.807, 2.05) is 11.8 Å². The molecule has 0 radical (unpaired) electrons. The van der Waals surface area contributed by atoms with Crippen molar-refractivity contribution in [1.82, 2.24) is 0 Å². The summed E-state index contributed by atoms with van der Waals surface area (Å²) in [4.78, 5) is 11.9. The maximum atomic E-state index is 11.9. The topological polar surface area (TPSA) is 17.1 Å². The number of hydrogen-bond donors (Lipinski definition) is 0. The molecule has 0 aromatic carbocycles. The third-order valence-corrected chi connectivity index (χ3v) is 5.21. The lowest BCUT2D eigenvalue weighted by molar-refractivity contribution is -0.120. The van der Waals surface area contributed by atoms with Crippen LogP contribution in [0.2, 0.25) is 0 Å². The van der Waals surface area contributed by atoms with Gasteiger partial charge in [-0.3, -0.25) is 4.79 Å². The molecule has 0 unspecified atom stereocenters. The maximum absolute atomic E-state index is 11.9. The molecule has 1 saturated carbocycles. The summed E-state index contributed by atoms with van der Waals surface area (Å²) in [5.74, 6) is 4.70. The molecule has 0 spiro atoms. The van der Waals surface area contributed by atoms with Crippen molar-refractivity contribution in [2.75, 3.05) is 11.5 Å². The van der Waals surface area contributed by atoms with Gasteiger partial charge in [-0.1, -0.05) is 25.7 Å². The Hall–Kier alpha value is 0.0200. The van der Waals surface area contributed by atoms with Crippen molar-refractivity contribution in [3.63, 3.8) is 0 Å². The van der Waals surface area contributed by atoms with Crippen molar-refractivity contribution < 1.29 is 4.79 Å².